The molecule has 3 fully saturated rings. The molecule has 1 aromatic carbocycles. The Morgan fingerprint density at radius 1 is 1.18 bits per heavy atom. The monoisotopic (exact) mass is 320 g/mol. The first-order chi connectivity index (χ1) is 10.2. The van der Waals surface area contributed by atoms with E-state index in [1.54, 1.807) is 0 Å². The molecule has 2 aliphatic heterocycles. The van der Waals surface area contributed by atoms with Crippen LogP contribution in [0.3, 0.4) is 0 Å². The molecule has 4 unspecified atom stereocenters. The quantitative estimate of drug-likeness (QED) is 0.908. The number of likely N-dealkylation sites (tertiary alicyclic amines) is 1. The number of fused-ring (bicyclic) bond motifs is 2. The molecule has 4 rings (SSSR count). The largest absolute Gasteiger partial charge is 0.341 e. The van der Waals surface area contributed by atoms with Gasteiger partial charge in [0.05, 0.1) is 0 Å². The Hall–Kier alpha value is -1.06. The minimum Gasteiger partial charge on any atom is -0.341 e. The zero-order valence-corrected chi connectivity index (χ0v) is 13.9. The molecule has 0 spiro atoms. The van der Waals surface area contributed by atoms with E-state index in [4.69, 9.17) is 0 Å². The fourth-order valence-electron chi connectivity index (χ4n) is 4.19. The third kappa shape index (κ3) is 2.89. The molecule has 2 bridgehead atoms. The van der Waals surface area contributed by atoms with Gasteiger partial charge in [-0.15, -0.1) is 12.4 Å². The number of carbonyl (C=O) groups excluding carboxylic acids is 1. The Morgan fingerprint density at radius 3 is 2.77 bits per heavy atom. The van der Waals surface area contributed by atoms with Gasteiger partial charge in [0.2, 0.25) is 5.91 Å². The first-order valence-electron chi connectivity index (χ1n) is 8.33. The SMILES string of the molecule is Cc1ccccc1C1CC1C(=O)N1CCC2CCC(C1)N2.Cl. The van der Waals surface area contributed by atoms with Crippen molar-refractivity contribution in [3.05, 3.63) is 35.4 Å². The number of halogens is 1. The highest BCUT2D eigenvalue weighted by atomic mass is 35.5. The van der Waals surface area contributed by atoms with Crippen molar-refractivity contribution in [3.8, 4) is 0 Å². The summed E-state index contributed by atoms with van der Waals surface area (Å²) in [4.78, 5) is 14.9. The number of hydrogen-bond acceptors (Lipinski definition) is 2. The number of hydrogen-bond donors (Lipinski definition) is 1. The van der Waals surface area contributed by atoms with E-state index in [0.717, 1.165) is 25.9 Å². The predicted octanol–water partition coefficient (Wildman–Crippen LogP) is 2.87. The van der Waals surface area contributed by atoms with Crippen LogP contribution < -0.4 is 5.32 Å². The van der Waals surface area contributed by atoms with Gasteiger partial charge in [-0.2, -0.15) is 0 Å². The van der Waals surface area contributed by atoms with Crippen molar-refractivity contribution >= 4 is 18.3 Å². The molecule has 3 nitrogen and oxygen atoms in total. The number of aryl methyl sites for hydroxylation is 1. The number of nitrogens with one attached hydrogen (secondary N) is 1. The zero-order chi connectivity index (χ0) is 14.4. The van der Waals surface area contributed by atoms with Gasteiger partial charge < -0.3 is 10.2 Å². The third-order valence-electron chi connectivity index (χ3n) is 5.53. The van der Waals surface area contributed by atoms with Crippen molar-refractivity contribution in [2.75, 3.05) is 13.1 Å². The summed E-state index contributed by atoms with van der Waals surface area (Å²) in [5.74, 6) is 1.10. The lowest BCUT2D eigenvalue weighted by atomic mass is 10.0. The van der Waals surface area contributed by atoms with Crippen molar-refractivity contribution in [3.63, 3.8) is 0 Å². The third-order valence-corrected chi connectivity index (χ3v) is 5.53. The molecule has 4 atom stereocenters. The van der Waals surface area contributed by atoms with Gasteiger partial charge in [-0.1, -0.05) is 24.3 Å². The molecule has 1 saturated carbocycles. The highest BCUT2D eigenvalue weighted by Gasteiger charge is 2.47. The minimum absolute atomic E-state index is 0. The molecule has 3 aliphatic rings. The Labute approximate surface area is 138 Å². The molecular formula is C18H25ClN2O. The highest BCUT2D eigenvalue weighted by molar-refractivity contribution is 5.85. The van der Waals surface area contributed by atoms with Crippen molar-refractivity contribution in [1.29, 1.82) is 0 Å². The summed E-state index contributed by atoms with van der Waals surface area (Å²) in [6, 6.07) is 9.71. The van der Waals surface area contributed by atoms with Crippen LogP contribution in [0.15, 0.2) is 24.3 Å². The zero-order valence-electron chi connectivity index (χ0n) is 13.1. The van der Waals surface area contributed by atoms with E-state index in [9.17, 15) is 4.79 Å². The van der Waals surface area contributed by atoms with Gasteiger partial charge in [-0.25, -0.2) is 0 Å². The maximum Gasteiger partial charge on any atom is 0.226 e. The van der Waals surface area contributed by atoms with Gasteiger partial charge in [0.1, 0.15) is 0 Å². The lowest BCUT2D eigenvalue weighted by Gasteiger charge is -2.24. The van der Waals surface area contributed by atoms with E-state index in [0.29, 0.717) is 23.9 Å². The summed E-state index contributed by atoms with van der Waals surface area (Å²) in [5.41, 5.74) is 2.71. The van der Waals surface area contributed by atoms with E-state index in [-0.39, 0.29) is 18.3 Å². The standard InChI is InChI=1S/C18H24N2O.ClH/c1-12-4-2-3-5-15(12)16-10-17(16)18(21)20-9-8-13-6-7-14(11-20)19-13;/h2-5,13-14,16-17,19H,6-11H2,1H3;1H. The van der Waals surface area contributed by atoms with Crippen LogP contribution in [0, 0.1) is 12.8 Å². The fraction of sp³-hybridized carbons (Fsp3) is 0.611. The van der Waals surface area contributed by atoms with Crippen LogP contribution in [0.4, 0.5) is 0 Å². The van der Waals surface area contributed by atoms with Crippen molar-refractivity contribution in [2.45, 2.75) is 50.6 Å². The van der Waals surface area contributed by atoms with Crippen LogP contribution >= 0.6 is 12.4 Å². The molecular weight excluding hydrogens is 296 g/mol. The van der Waals surface area contributed by atoms with Gasteiger partial charge in [-0.05, 0) is 49.7 Å². The van der Waals surface area contributed by atoms with Crippen LogP contribution in [0.5, 0.6) is 0 Å². The highest BCUT2D eigenvalue weighted by Crippen LogP contribution is 2.49. The van der Waals surface area contributed by atoms with Gasteiger partial charge in [0.25, 0.3) is 0 Å². The van der Waals surface area contributed by atoms with Crippen molar-refractivity contribution in [1.82, 2.24) is 10.2 Å². The van der Waals surface area contributed by atoms with Crippen molar-refractivity contribution in [2.24, 2.45) is 5.92 Å². The molecule has 22 heavy (non-hydrogen) atoms. The second-order valence-corrected chi connectivity index (χ2v) is 7.02. The lowest BCUT2D eigenvalue weighted by molar-refractivity contribution is -0.132. The number of carbonyl (C=O) groups is 1. The molecule has 1 aromatic rings. The second kappa shape index (κ2) is 6.21. The fourth-order valence-corrected chi connectivity index (χ4v) is 4.19. The van der Waals surface area contributed by atoms with Crippen LogP contribution in [-0.2, 0) is 4.79 Å². The van der Waals surface area contributed by atoms with Crippen LogP contribution in [-0.4, -0.2) is 36.0 Å². The van der Waals surface area contributed by atoms with Gasteiger partial charge in [-0.3, -0.25) is 4.79 Å². The lowest BCUT2D eigenvalue weighted by Crippen LogP contribution is -2.40. The molecule has 1 aliphatic carbocycles. The number of benzene rings is 1. The second-order valence-electron chi connectivity index (χ2n) is 7.02. The van der Waals surface area contributed by atoms with Gasteiger partial charge in [0, 0.05) is 31.1 Å². The maximum atomic E-state index is 12.8. The topological polar surface area (TPSA) is 32.3 Å². The summed E-state index contributed by atoms with van der Waals surface area (Å²) in [6.45, 7) is 4.03. The average Bonchev–Trinajstić information content (AvgIpc) is 3.17. The predicted molar refractivity (Wildman–Crippen MR) is 90.4 cm³/mol. The maximum absolute atomic E-state index is 12.8. The smallest absolute Gasteiger partial charge is 0.226 e. The molecule has 120 valence electrons. The summed E-state index contributed by atoms with van der Waals surface area (Å²) >= 11 is 0. The summed E-state index contributed by atoms with van der Waals surface area (Å²) in [5, 5.41) is 3.66. The van der Waals surface area contributed by atoms with E-state index >= 15 is 0 Å². The van der Waals surface area contributed by atoms with Crippen LogP contribution in [0.1, 0.15) is 42.7 Å². The summed E-state index contributed by atoms with van der Waals surface area (Å²) in [6.07, 6.45) is 4.70. The molecule has 0 radical (unpaired) electrons. The summed E-state index contributed by atoms with van der Waals surface area (Å²) in [7, 11) is 0. The Balaban J connectivity index is 0.00000144. The normalized spacial score (nSPS) is 33.0. The van der Waals surface area contributed by atoms with Crippen LogP contribution in [0.25, 0.3) is 0 Å². The Bertz CT molecular complexity index is 562. The molecule has 0 aromatic heterocycles. The van der Waals surface area contributed by atoms with Crippen LogP contribution in [0.2, 0.25) is 0 Å². The molecule has 2 heterocycles. The van der Waals surface area contributed by atoms with E-state index in [2.05, 4.69) is 41.4 Å². The molecule has 1 N–H and O–H groups in total. The number of nitrogens with zero attached hydrogens (tertiary/aromatic N) is 1. The van der Waals surface area contributed by atoms with E-state index in [1.807, 2.05) is 0 Å². The van der Waals surface area contributed by atoms with E-state index < -0.39 is 0 Å². The average molecular weight is 321 g/mol. The number of rotatable bonds is 2. The number of amides is 1. The van der Waals surface area contributed by atoms with Gasteiger partial charge in [0.15, 0.2) is 0 Å². The Morgan fingerprint density at radius 2 is 1.95 bits per heavy atom. The van der Waals surface area contributed by atoms with E-state index in [1.165, 1.54) is 24.0 Å². The minimum atomic E-state index is 0. The Kier molecular flexibility index (Phi) is 4.47. The molecule has 4 heteroatoms. The first kappa shape index (κ1) is 15.8. The van der Waals surface area contributed by atoms with Crippen molar-refractivity contribution < 1.29 is 4.79 Å². The summed E-state index contributed by atoms with van der Waals surface area (Å²) < 4.78 is 0. The first-order valence-corrected chi connectivity index (χ1v) is 8.33. The molecule has 1 amide bonds. The van der Waals surface area contributed by atoms with Gasteiger partial charge >= 0.3 is 0 Å². The molecule has 2 saturated heterocycles.